The number of methoxy groups -OCH3 is 2. The molecule has 0 heterocycles. The molecule has 0 saturated carbocycles. The average Bonchev–Trinajstić information content (AvgIpc) is 2.99. The molecule has 4 aromatic rings. The maximum absolute atomic E-state index is 13.0. The van der Waals surface area contributed by atoms with Gasteiger partial charge in [0.25, 0.3) is 0 Å². The Morgan fingerprint density at radius 1 is 0.644 bits per heavy atom. The third-order valence-corrected chi connectivity index (χ3v) is 9.02. The predicted molar refractivity (Wildman–Crippen MR) is 175 cm³/mol. The number of phosphoric ester groups is 1. The first-order chi connectivity index (χ1) is 21.4. The van der Waals surface area contributed by atoms with Gasteiger partial charge in [-0.05, 0) is 72.5 Å². The minimum absolute atomic E-state index is 0.0830. The van der Waals surface area contributed by atoms with E-state index in [0.717, 1.165) is 0 Å². The summed E-state index contributed by atoms with van der Waals surface area (Å²) in [5.74, 6) is -0.416. The zero-order chi connectivity index (χ0) is 32.7. The lowest BCUT2D eigenvalue weighted by molar-refractivity contribution is 0.0971. The molecule has 0 aromatic heterocycles. The van der Waals surface area contributed by atoms with Crippen LogP contribution in [0.4, 0.5) is 0 Å². The molecule has 0 radical (unpaired) electrons. The molecule has 0 saturated heterocycles. The molecule has 4 rings (SSSR count). The quantitative estimate of drug-likeness (QED) is 0.102. The third kappa shape index (κ3) is 8.95. The van der Waals surface area contributed by atoms with Crippen molar-refractivity contribution in [2.45, 2.75) is 25.7 Å². The summed E-state index contributed by atoms with van der Waals surface area (Å²) in [7, 11) is -2.03. The lowest BCUT2D eigenvalue weighted by Crippen LogP contribution is -2.06. The maximum Gasteiger partial charge on any atom is 0.584 e. The van der Waals surface area contributed by atoms with Gasteiger partial charge in [0.15, 0.2) is 11.6 Å². The van der Waals surface area contributed by atoms with E-state index in [1.807, 2.05) is 0 Å². The second-order valence-electron chi connectivity index (χ2n) is 9.62. The van der Waals surface area contributed by atoms with Crippen molar-refractivity contribution in [2.24, 2.45) is 0 Å². The molecule has 0 amide bonds. The molecule has 45 heavy (non-hydrogen) atoms. The second-order valence-corrected chi connectivity index (χ2v) is 12.6. The van der Waals surface area contributed by atoms with Crippen molar-refractivity contribution < 1.29 is 37.6 Å². The summed E-state index contributed by atoms with van der Waals surface area (Å²) in [6, 6.07) is 18.3. The zero-order valence-corrected chi connectivity index (χ0v) is 27.9. The van der Waals surface area contributed by atoms with Crippen LogP contribution in [0.1, 0.15) is 44.7 Å². The Labute approximate surface area is 280 Å². The number of phosphoric acid groups is 1. The molecule has 4 aromatic carbocycles. The number of hydrogen-bond donors (Lipinski definition) is 1. The SMILES string of the molecule is COc1cc(OP(=O)(O)Oc2ccc(C(=O)CCc3c(Cl)cccc3Cl)c(OC)c2)ccc1C(=O)CCc1c(Cl)cccc1Cl. The predicted octanol–water partition coefficient (Wildman–Crippen LogP) is 9.51. The summed E-state index contributed by atoms with van der Waals surface area (Å²) < 4.78 is 34.0. The minimum atomic E-state index is -4.74. The molecule has 0 atom stereocenters. The van der Waals surface area contributed by atoms with E-state index in [4.69, 9.17) is 64.9 Å². The molecule has 0 aliphatic rings. The van der Waals surface area contributed by atoms with E-state index in [2.05, 4.69) is 0 Å². The first-order valence-corrected chi connectivity index (χ1v) is 16.4. The fourth-order valence-electron chi connectivity index (χ4n) is 4.49. The number of benzene rings is 4. The van der Waals surface area contributed by atoms with Crippen molar-refractivity contribution in [2.75, 3.05) is 14.2 Å². The third-order valence-electron chi connectivity index (χ3n) is 6.72. The van der Waals surface area contributed by atoms with Gasteiger partial charge in [0.2, 0.25) is 0 Å². The molecular formula is C32H27Cl4O8P. The Hall–Kier alpha value is -3.23. The van der Waals surface area contributed by atoms with E-state index in [1.165, 1.54) is 50.6 Å². The molecule has 8 nitrogen and oxygen atoms in total. The highest BCUT2D eigenvalue weighted by Crippen LogP contribution is 2.46. The highest BCUT2D eigenvalue weighted by Gasteiger charge is 2.27. The lowest BCUT2D eigenvalue weighted by Gasteiger charge is -2.16. The van der Waals surface area contributed by atoms with Gasteiger partial charge in [0.05, 0.1) is 25.3 Å². The Morgan fingerprint density at radius 2 is 1.00 bits per heavy atom. The summed E-state index contributed by atoms with van der Waals surface area (Å²) in [5.41, 5.74) is 1.79. The lowest BCUT2D eigenvalue weighted by atomic mass is 10.0. The molecule has 0 fully saturated rings. The zero-order valence-electron chi connectivity index (χ0n) is 24.0. The summed E-state index contributed by atoms with van der Waals surface area (Å²) in [6.07, 6.45) is 0.801. The van der Waals surface area contributed by atoms with Crippen molar-refractivity contribution in [1.29, 1.82) is 0 Å². The second kappa shape index (κ2) is 15.4. The van der Waals surface area contributed by atoms with Gasteiger partial charge >= 0.3 is 7.82 Å². The van der Waals surface area contributed by atoms with Crippen LogP contribution in [0, 0.1) is 0 Å². The first-order valence-electron chi connectivity index (χ1n) is 13.4. The summed E-state index contributed by atoms with van der Waals surface area (Å²) in [4.78, 5) is 36.4. The molecule has 13 heteroatoms. The number of halogens is 4. The smallest absolute Gasteiger partial charge is 0.496 e. The van der Waals surface area contributed by atoms with E-state index in [1.54, 1.807) is 36.4 Å². The fourth-order valence-corrected chi connectivity index (χ4v) is 6.46. The van der Waals surface area contributed by atoms with Gasteiger partial charge < -0.3 is 18.5 Å². The van der Waals surface area contributed by atoms with Crippen molar-refractivity contribution in [3.63, 3.8) is 0 Å². The van der Waals surface area contributed by atoms with Gasteiger partial charge in [-0.25, -0.2) is 4.57 Å². The molecule has 0 aliphatic heterocycles. The van der Waals surface area contributed by atoms with Gasteiger partial charge in [-0.3, -0.25) is 14.5 Å². The molecule has 0 unspecified atom stereocenters. The standard InChI is InChI=1S/C32H27Cl4O8P/c1-41-31-17-19(9-11-23(31)29(37)15-13-21-25(33)5-3-6-26(21)34)43-45(39,40)44-20-10-12-24(32(18-20)42-2)30(38)16-14-22-27(35)7-4-8-28(22)36/h3-12,17-18H,13-16H2,1-2H3,(H,39,40). The number of carbonyl (C=O) groups is 2. The summed E-state index contributed by atoms with van der Waals surface area (Å²) in [5, 5.41) is 1.84. The summed E-state index contributed by atoms with van der Waals surface area (Å²) >= 11 is 24.8. The van der Waals surface area contributed by atoms with Crippen LogP contribution < -0.4 is 18.5 Å². The Balaban J connectivity index is 1.42. The monoisotopic (exact) mass is 710 g/mol. The number of Topliss-reactive ketones (excluding diaryl/α,β-unsaturated/α-hetero) is 2. The van der Waals surface area contributed by atoms with Crippen LogP contribution in [-0.2, 0) is 17.4 Å². The Kier molecular flexibility index (Phi) is 11.8. The molecule has 1 N–H and O–H groups in total. The number of rotatable bonds is 14. The van der Waals surface area contributed by atoms with Crippen molar-refractivity contribution >= 4 is 65.8 Å². The van der Waals surface area contributed by atoms with Crippen molar-refractivity contribution in [3.8, 4) is 23.0 Å². The number of ketones is 2. The van der Waals surface area contributed by atoms with E-state index >= 15 is 0 Å². The van der Waals surface area contributed by atoms with Crippen LogP contribution in [0.3, 0.4) is 0 Å². The number of carbonyl (C=O) groups excluding carboxylic acids is 2. The van der Waals surface area contributed by atoms with Crippen molar-refractivity contribution in [3.05, 3.63) is 115 Å². The fraction of sp³-hybridized carbons (Fsp3) is 0.188. The molecular weight excluding hydrogens is 685 g/mol. The molecule has 0 bridgehead atoms. The van der Waals surface area contributed by atoms with Crippen LogP contribution in [0.2, 0.25) is 20.1 Å². The normalized spacial score (nSPS) is 11.2. The highest BCUT2D eigenvalue weighted by atomic mass is 35.5. The van der Waals surface area contributed by atoms with E-state index in [9.17, 15) is 19.0 Å². The molecule has 0 aliphatic carbocycles. The van der Waals surface area contributed by atoms with Gasteiger partial charge in [-0.2, -0.15) is 0 Å². The number of ether oxygens (including phenoxy) is 2. The van der Waals surface area contributed by atoms with Gasteiger partial charge in [-0.15, -0.1) is 0 Å². The highest BCUT2D eigenvalue weighted by molar-refractivity contribution is 7.48. The van der Waals surface area contributed by atoms with E-state index in [-0.39, 0.29) is 58.5 Å². The topological polar surface area (TPSA) is 108 Å². The van der Waals surface area contributed by atoms with Crippen LogP contribution in [0.25, 0.3) is 0 Å². The largest absolute Gasteiger partial charge is 0.584 e. The Bertz CT molecular complexity index is 1610. The van der Waals surface area contributed by atoms with Crippen LogP contribution in [-0.4, -0.2) is 30.7 Å². The van der Waals surface area contributed by atoms with Crippen LogP contribution >= 0.6 is 54.2 Å². The number of hydrogen-bond acceptors (Lipinski definition) is 7. The average molecular weight is 712 g/mol. The maximum atomic E-state index is 13.0. The van der Waals surface area contributed by atoms with Gasteiger partial charge in [0, 0.05) is 45.1 Å². The molecule has 0 spiro atoms. The summed E-state index contributed by atoms with van der Waals surface area (Å²) in [6.45, 7) is 0. The minimum Gasteiger partial charge on any atom is -0.496 e. The van der Waals surface area contributed by atoms with E-state index < -0.39 is 7.82 Å². The van der Waals surface area contributed by atoms with E-state index in [0.29, 0.717) is 44.1 Å². The molecule has 236 valence electrons. The van der Waals surface area contributed by atoms with Crippen LogP contribution in [0.5, 0.6) is 23.0 Å². The van der Waals surface area contributed by atoms with Crippen LogP contribution in [0.15, 0.2) is 72.8 Å². The van der Waals surface area contributed by atoms with Gasteiger partial charge in [-0.1, -0.05) is 58.5 Å². The van der Waals surface area contributed by atoms with Gasteiger partial charge in [0.1, 0.15) is 23.0 Å². The Morgan fingerprint density at radius 3 is 1.33 bits per heavy atom. The first kappa shape index (κ1) is 34.6. The van der Waals surface area contributed by atoms with Crippen molar-refractivity contribution in [1.82, 2.24) is 0 Å².